The molecule has 0 heterocycles. The highest BCUT2D eigenvalue weighted by Gasteiger charge is 2.16. The van der Waals surface area contributed by atoms with Crippen LogP contribution >= 0.6 is 11.6 Å². The molecule has 0 aliphatic heterocycles. The van der Waals surface area contributed by atoms with E-state index in [4.69, 9.17) is 22.6 Å². The zero-order valence-corrected chi connectivity index (χ0v) is 8.56. The van der Waals surface area contributed by atoms with Crippen molar-refractivity contribution in [3.05, 3.63) is 11.3 Å². The first-order valence-electron chi connectivity index (χ1n) is 4.17. The molecule has 3 nitrogen and oxygen atoms in total. The molecule has 0 aliphatic carbocycles. The summed E-state index contributed by atoms with van der Waals surface area (Å²) in [5.41, 5.74) is 5.84. The van der Waals surface area contributed by atoms with E-state index in [9.17, 15) is 4.79 Å². The van der Waals surface area contributed by atoms with E-state index in [-0.39, 0.29) is 11.5 Å². The zero-order valence-electron chi connectivity index (χ0n) is 7.80. The van der Waals surface area contributed by atoms with Crippen LogP contribution in [0.15, 0.2) is 11.3 Å². The van der Waals surface area contributed by atoms with E-state index in [2.05, 4.69) is 0 Å². The molecule has 0 bridgehead atoms. The van der Waals surface area contributed by atoms with Gasteiger partial charge in [-0.3, -0.25) is 4.79 Å². The third-order valence-electron chi connectivity index (χ3n) is 2.02. The summed E-state index contributed by atoms with van der Waals surface area (Å²) in [6.45, 7) is 3.91. The van der Waals surface area contributed by atoms with Crippen molar-refractivity contribution < 1.29 is 4.79 Å². The van der Waals surface area contributed by atoms with Gasteiger partial charge in [-0.25, -0.2) is 0 Å². The van der Waals surface area contributed by atoms with Crippen molar-refractivity contribution in [2.45, 2.75) is 26.7 Å². The maximum Gasteiger partial charge on any atom is 0.264 e. The Morgan fingerprint density at radius 1 is 1.54 bits per heavy atom. The predicted molar refractivity (Wildman–Crippen MR) is 51.8 cm³/mol. The minimum Gasteiger partial charge on any atom is -0.401 e. The van der Waals surface area contributed by atoms with Crippen LogP contribution < -0.4 is 5.73 Å². The highest BCUT2D eigenvalue weighted by Crippen LogP contribution is 2.18. The van der Waals surface area contributed by atoms with E-state index in [1.807, 2.05) is 13.8 Å². The van der Waals surface area contributed by atoms with Gasteiger partial charge < -0.3 is 5.73 Å². The van der Waals surface area contributed by atoms with Crippen molar-refractivity contribution >= 4 is 16.8 Å². The smallest absolute Gasteiger partial charge is 0.264 e. The second-order valence-electron chi connectivity index (χ2n) is 2.73. The Morgan fingerprint density at radius 3 is 2.23 bits per heavy atom. The Hall–Kier alpha value is -1.01. The van der Waals surface area contributed by atoms with Crippen molar-refractivity contribution in [2.75, 3.05) is 0 Å². The number of nitrogens with zero attached hydrogens (tertiary/aromatic N) is 1. The Kier molecular flexibility index (Phi) is 5.17. The van der Waals surface area contributed by atoms with Gasteiger partial charge in [0.2, 0.25) is 0 Å². The number of hydrogen-bond acceptors (Lipinski definition) is 3. The SMILES string of the molecule is CCC(CC)C(N)=C(C#N)C(=O)Cl. The van der Waals surface area contributed by atoms with Crippen LogP contribution in [0.4, 0.5) is 0 Å². The van der Waals surface area contributed by atoms with Gasteiger partial charge in [0.05, 0.1) is 0 Å². The van der Waals surface area contributed by atoms with E-state index >= 15 is 0 Å². The number of hydrogen-bond donors (Lipinski definition) is 1. The average Bonchev–Trinajstić information content (AvgIpc) is 2.07. The Morgan fingerprint density at radius 2 is 2.00 bits per heavy atom. The van der Waals surface area contributed by atoms with Gasteiger partial charge in [-0.2, -0.15) is 5.26 Å². The van der Waals surface area contributed by atoms with Crippen molar-refractivity contribution in [1.82, 2.24) is 0 Å². The maximum absolute atomic E-state index is 10.8. The van der Waals surface area contributed by atoms with Crippen molar-refractivity contribution in [2.24, 2.45) is 11.7 Å². The van der Waals surface area contributed by atoms with Gasteiger partial charge in [0, 0.05) is 5.70 Å². The van der Waals surface area contributed by atoms with Crippen LogP contribution in [0.25, 0.3) is 0 Å². The molecule has 0 aromatic rings. The Labute approximate surface area is 83.2 Å². The lowest BCUT2D eigenvalue weighted by atomic mass is 9.97. The second-order valence-corrected chi connectivity index (χ2v) is 3.07. The van der Waals surface area contributed by atoms with Crippen molar-refractivity contribution in [1.29, 1.82) is 5.26 Å². The predicted octanol–water partition coefficient (Wildman–Crippen LogP) is 1.92. The Bertz CT molecular complexity index is 261. The van der Waals surface area contributed by atoms with Crippen LogP contribution in [-0.2, 0) is 4.79 Å². The topological polar surface area (TPSA) is 66.9 Å². The van der Waals surface area contributed by atoms with Gasteiger partial charge in [-0.05, 0) is 30.4 Å². The van der Waals surface area contributed by atoms with Crippen LogP contribution in [0, 0.1) is 17.2 Å². The summed E-state index contributed by atoms with van der Waals surface area (Å²) in [4.78, 5) is 10.8. The van der Waals surface area contributed by atoms with Crippen LogP contribution in [0.5, 0.6) is 0 Å². The largest absolute Gasteiger partial charge is 0.401 e. The highest BCUT2D eigenvalue weighted by molar-refractivity contribution is 6.68. The van der Waals surface area contributed by atoms with Crippen LogP contribution in [-0.4, -0.2) is 5.24 Å². The number of rotatable bonds is 4. The molecular formula is C9H13ClN2O. The summed E-state index contributed by atoms with van der Waals surface area (Å²) >= 11 is 5.20. The van der Waals surface area contributed by atoms with E-state index in [1.54, 1.807) is 6.07 Å². The highest BCUT2D eigenvalue weighted by atomic mass is 35.5. The van der Waals surface area contributed by atoms with Gasteiger partial charge in [0.1, 0.15) is 11.6 Å². The van der Waals surface area contributed by atoms with Crippen LogP contribution in [0.3, 0.4) is 0 Å². The molecule has 2 N–H and O–H groups in total. The normalized spacial score (nSPS) is 12.2. The molecule has 0 rings (SSSR count). The van der Waals surface area contributed by atoms with Gasteiger partial charge in [0.15, 0.2) is 0 Å². The minimum atomic E-state index is -0.771. The summed E-state index contributed by atoms with van der Waals surface area (Å²) in [6, 6.07) is 1.72. The first-order chi connectivity index (χ1) is 6.08. The molecule has 0 amide bonds. The number of halogens is 1. The molecular weight excluding hydrogens is 188 g/mol. The van der Waals surface area contributed by atoms with E-state index in [1.165, 1.54) is 0 Å². The molecule has 0 aliphatic rings. The van der Waals surface area contributed by atoms with Crippen molar-refractivity contribution in [3.63, 3.8) is 0 Å². The molecule has 0 fully saturated rings. The first kappa shape index (κ1) is 12.0. The quantitative estimate of drug-likeness (QED) is 0.428. The molecule has 0 saturated carbocycles. The third kappa shape index (κ3) is 3.08. The molecule has 72 valence electrons. The molecule has 0 unspecified atom stereocenters. The maximum atomic E-state index is 10.8. The van der Waals surface area contributed by atoms with E-state index in [0.29, 0.717) is 5.70 Å². The lowest BCUT2D eigenvalue weighted by Gasteiger charge is -2.12. The van der Waals surface area contributed by atoms with E-state index < -0.39 is 5.24 Å². The summed E-state index contributed by atoms with van der Waals surface area (Å²) in [5, 5.41) is 7.84. The molecule has 0 aromatic carbocycles. The molecule has 13 heavy (non-hydrogen) atoms. The fourth-order valence-electron chi connectivity index (χ4n) is 1.15. The van der Waals surface area contributed by atoms with Crippen molar-refractivity contribution in [3.8, 4) is 6.07 Å². The monoisotopic (exact) mass is 200 g/mol. The number of nitriles is 1. The Balaban J connectivity index is 4.96. The summed E-state index contributed by atoms with van der Waals surface area (Å²) in [7, 11) is 0. The molecule has 4 heteroatoms. The molecule has 0 spiro atoms. The molecule has 0 saturated heterocycles. The van der Waals surface area contributed by atoms with Gasteiger partial charge in [-0.15, -0.1) is 0 Å². The standard InChI is InChI=1S/C9H13ClN2O/c1-3-6(4-2)8(12)7(5-11)9(10)13/h6H,3-4,12H2,1-2H3. The molecule has 0 radical (unpaired) electrons. The second kappa shape index (κ2) is 5.60. The number of nitrogens with two attached hydrogens (primary N) is 1. The number of carbonyl (C=O) groups excluding carboxylic acids is 1. The minimum absolute atomic E-state index is 0.0670. The lowest BCUT2D eigenvalue weighted by molar-refractivity contribution is -0.108. The average molecular weight is 201 g/mol. The fourth-order valence-corrected chi connectivity index (χ4v) is 1.31. The van der Waals surface area contributed by atoms with Crippen LogP contribution in [0.1, 0.15) is 26.7 Å². The number of allylic oxidation sites excluding steroid dienone is 2. The van der Waals surface area contributed by atoms with E-state index in [0.717, 1.165) is 12.8 Å². The fraction of sp³-hybridized carbons (Fsp3) is 0.556. The molecule has 0 aromatic heterocycles. The van der Waals surface area contributed by atoms with Crippen LogP contribution in [0.2, 0.25) is 0 Å². The lowest BCUT2D eigenvalue weighted by Crippen LogP contribution is -2.15. The summed E-state index contributed by atoms with van der Waals surface area (Å²) in [5.74, 6) is 0.0670. The summed E-state index contributed by atoms with van der Waals surface area (Å²) < 4.78 is 0. The first-order valence-corrected chi connectivity index (χ1v) is 4.55. The zero-order chi connectivity index (χ0) is 10.4. The van der Waals surface area contributed by atoms with Gasteiger partial charge in [0.25, 0.3) is 5.24 Å². The third-order valence-corrected chi connectivity index (χ3v) is 2.21. The van der Waals surface area contributed by atoms with Gasteiger partial charge in [-0.1, -0.05) is 13.8 Å². The number of carbonyl (C=O) groups is 1. The molecule has 0 atom stereocenters. The van der Waals surface area contributed by atoms with Gasteiger partial charge >= 0.3 is 0 Å². The summed E-state index contributed by atoms with van der Waals surface area (Å²) in [6.07, 6.45) is 1.61.